The van der Waals surface area contributed by atoms with Crippen LogP contribution in [-0.2, 0) is 10.9 Å². The first-order valence-electron chi connectivity index (χ1n) is 6.31. The Balaban J connectivity index is 1.83. The van der Waals surface area contributed by atoms with E-state index in [2.05, 4.69) is 10.1 Å². The molecule has 2 atom stereocenters. The fourth-order valence-corrected chi connectivity index (χ4v) is 2.10. The lowest BCUT2D eigenvalue weighted by Gasteiger charge is -2.14. The molecule has 8 heteroatoms. The van der Waals surface area contributed by atoms with E-state index in [9.17, 15) is 22.0 Å². The van der Waals surface area contributed by atoms with Crippen molar-refractivity contribution in [2.24, 2.45) is 0 Å². The van der Waals surface area contributed by atoms with E-state index in [1.165, 1.54) is 12.1 Å². The lowest BCUT2D eigenvalue weighted by molar-refractivity contribution is -0.137. The van der Waals surface area contributed by atoms with Gasteiger partial charge in [-0.05, 0) is 24.3 Å². The van der Waals surface area contributed by atoms with Gasteiger partial charge >= 0.3 is 12.8 Å². The van der Waals surface area contributed by atoms with Crippen LogP contribution in [0.2, 0.25) is 0 Å². The molecular weight excluding hydrogens is 297 g/mol. The molecule has 0 spiro atoms. The van der Waals surface area contributed by atoms with Gasteiger partial charge in [0.2, 0.25) is 0 Å². The molecule has 1 aromatic rings. The van der Waals surface area contributed by atoms with Crippen LogP contribution in [0.1, 0.15) is 12.0 Å². The molecular formula is C13H14F5NO2. The standard InChI is InChI=1S/C13H14F5NO2/c14-12(15)20-7-9-5-11(6-19-9)21-10-3-1-8(2-4-10)13(16,17)18/h1-4,9,11-12,19H,5-7H2/t9-,11?/m0/s1. The highest BCUT2D eigenvalue weighted by molar-refractivity contribution is 5.29. The van der Waals surface area contributed by atoms with Gasteiger partial charge in [0.1, 0.15) is 11.9 Å². The average molecular weight is 311 g/mol. The van der Waals surface area contributed by atoms with Gasteiger partial charge in [-0.25, -0.2) is 0 Å². The van der Waals surface area contributed by atoms with Crippen LogP contribution in [0.15, 0.2) is 24.3 Å². The third-order valence-electron chi connectivity index (χ3n) is 3.09. The van der Waals surface area contributed by atoms with Crippen LogP contribution >= 0.6 is 0 Å². The molecule has 0 bridgehead atoms. The lowest BCUT2D eigenvalue weighted by atomic mass is 10.2. The molecule has 0 amide bonds. The molecule has 0 radical (unpaired) electrons. The molecule has 2 rings (SSSR count). The minimum Gasteiger partial charge on any atom is -0.489 e. The first kappa shape index (κ1) is 16.0. The van der Waals surface area contributed by atoms with Crippen LogP contribution in [-0.4, -0.2) is 31.9 Å². The number of hydrogen-bond donors (Lipinski definition) is 1. The molecule has 118 valence electrons. The Kier molecular flexibility index (Phi) is 5.00. The predicted molar refractivity (Wildman–Crippen MR) is 64.2 cm³/mol. The van der Waals surface area contributed by atoms with Gasteiger partial charge in [-0.15, -0.1) is 0 Å². The van der Waals surface area contributed by atoms with E-state index in [0.29, 0.717) is 18.7 Å². The molecule has 0 saturated carbocycles. The van der Waals surface area contributed by atoms with E-state index >= 15 is 0 Å². The molecule has 21 heavy (non-hydrogen) atoms. The lowest BCUT2D eigenvalue weighted by Crippen LogP contribution is -2.27. The Morgan fingerprint density at radius 1 is 1.19 bits per heavy atom. The normalized spacial score (nSPS) is 22.8. The summed E-state index contributed by atoms with van der Waals surface area (Å²) in [5.41, 5.74) is -0.748. The Labute approximate surface area is 118 Å². The fourth-order valence-electron chi connectivity index (χ4n) is 2.10. The summed E-state index contributed by atoms with van der Waals surface area (Å²) >= 11 is 0. The molecule has 0 aliphatic carbocycles. The van der Waals surface area contributed by atoms with Gasteiger partial charge < -0.3 is 14.8 Å². The summed E-state index contributed by atoms with van der Waals surface area (Å²) in [5.74, 6) is 0.310. The van der Waals surface area contributed by atoms with E-state index in [1.807, 2.05) is 0 Å². The van der Waals surface area contributed by atoms with Crippen LogP contribution in [0.4, 0.5) is 22.0 Å². The maximum atomic E-state index is 12.4. The zero-order valence-corrected chi connectivity index (χ0v) is 10.9. The zero-order valence-electron chi connectivity index (χ0n) is 10.9. The maximum absolute atomic E-state index is 12.4. The van der Waals surface area contributed by atoms with Crippen molar-refractivity contribution in [3.8, 4) is 5.75 Å². The highest BCUT2D eigenvalue weighted by Gasteiger charge is 2.30. The van der Waals surface area contributed by atoms with Crippen molar-refractivity contribution in [3.05, 3.63) is 29.8 Å². The van der Waals surface area contributed by atoms with Gasteiger partial charge in [0.05, 0.1) is 12.2 Å². The van der Waals surface area contributed by atoms with Crippen molar-refractivity contribution >= 4 is 0 Å². The number of benzene rings is 1. The molecule has 1 aliphatic heterocycles. The van der Waals surface area contributed by atoms with Gasteiger partial charge in [-0.2, -0.15) is 22.0 Å². The Bertz CT molecular complexity index is 449. The molecule has 1 unspecified atom stereocenters. The van der Waals surface area contributed by atoms with Crippen LogP contribution in [0.25, 0.3) is 0 Å². The minimum absolute atomic E-state index is 0.134. The SMILES string of the molecule is FC(F)OC[C@@H]1CC(Oc2ccc(C(F)(F)F)cc2)CN1. The second-order valence-corrected chi connectivity index (χ2v) is 4.70. The average Bonchev–Trinajstić information content (AvgIpc) is 2.83. The van der Waals surface area contributed by atoms with Crippen molar-refractivity contribution in [2.45, 2.75) is 31.4 Å². The predicted octanol–water partition coefficient (Wildman–Crippen LogP) is 3.05. The highest BCUT2D eigenvalue weighted by Crippen LogP contribution is 2.30. The van der Waals surface area contributed by atoms with Crippen molar-refractivity contribution in [3.63, 3.8) is 0 Å². The summed E-state index contributed by atoms with van der Waals surface area (Å²) in [4.78, 5) is 0. The monoisotopic (exact) mass is 311 g/mol. The second-order valence-electron chi connectivity index (χ2n) is 4.70. The number of halogens is 5. The quantitative estimate of drug-likeness (QED) is 0.848. The molecule has 1 fully saturated rings. The van der Waals surface area contributed by atoms with Crippen molar-refractivity contribution in [2.75, 3.05) is 13.2 Å². The van der Waals surface area contributed by atoms with Crippen molar-refractivity contribution < 1.29 is 31.4 Å². The highest BCUT2D eigenvalue weighted by atomic mass is 19.4. The van der Waals surface area contributed by atoms with Crippen LogP contribution in [0.5, 0.6) is 5.75 Å². The summed E-state index contributed by atoms with van der Waals surface area (Å²) in [7, 11) is 0. The van der Waals surface area contributed by atoms with Gasteiger partial charge in [0.15, 0.2) is 0 Å². The smallest absolute Gasteiger partial charge is 0.416 e. The molecule has 1 aromatic carbocycles. The number of hydrogen-bond acceptors (Lipinski definition) is 3. The minimum atomic E-state index is -4.38. The topological polar surface area (TPSA) is 30.5 Å². The summed E-state index contributed by atoms with van der Waals surface area (Å²) in [6.07, 6.45) is -4.22. The van der Waals surface area contributed by atoms with Crippen molar-refractivity contribution in [1.29, 1.82) is 0 Å². The van der Waals surface area contributed by atoms with E-state index in [-0.39, 0.29) is 18.8 Å². The molecule has 1 saturated heterocycles. The van der Waals surface area contributed by atoms with Crippen LogP contribution in [0, 0.1) is 0 Å². The third-order valence-corrected chi connectivity index (χ3v) is 3.09. The first-order chi connectivity index (χ1) is 9.84. The van der Waals surface area contributed by atoms with Crippen LogP contribution in [0.3, 0.4) is 0 Å². The Morgan fingerprint density at radius 2 is 1.86 bits per heavy atom. The number of alkyl halides is 5. The summed E-state index contributed by atoms with van der Waals surface area (Å²) < 4.78 is 70.7. The summed E-state index contributed by atoms with van der Waals surface area (Å²) in [6.45, 7) is -2.52. The maximum Gasteiger partial charge on any atom is 0.416 e. The largest absolute Gasteiger partial charge is 0.489 e. The second kappa shape index (κ2) is 6.57. The van der Waals surface area contributed by atoms with Gasteiger partial charge in [-0.3, -0.25) is 0 Å². The summed E-state index contributed by atoms with van der Waals surface area (Å²) in [6, 6.07) is 4.11. The molecule has 1 aliphatic rings. The molecule has 1 heterocycles. The first-order valence-corrected chi connectivity index (χ1v) is 6.31. The third kappa shape index (κ3) is 4.82. The van der Waals surface area contributed by atoms with Gasteiger partial charge in [-0.1, -0.05) is 0 Å². The van der Waals surface area contributed by atoms with Gasteiger partial charge in [0, 0.05) is 19.0 Å². The fraction of sp³-hybridized carbons (Fsp3) is 0.538. The number of nitrogens with one attached hydrogen (secondary N) is 1. The van der Waals surface area contributed by atoms with Crippen LogP contribution < -0.4 is 10.1 Å². The Morgan fingerprint density at radius 3 is 2.43 bits per heavy atom. The van der Waals surface area contributed by atoms with E-state index in [4.69, 9.17) is 4.74 Å². The van der Waals surface area contributed by atoms with E-state index in [1.54, 1.807) is 0 Å². The van der Waals surface area contributed by atoms with E-state index in [0.717, 1.165) is 12.1 Å². The number of rotatable bonds is 5. The zero-order chi connectivity index (χ0) is 15.5. The molecule has 3 nitrogen and oxygen atoms in total. The summed E-state index contributed by atoms with van der Waals surface area (Å²) in [5, 5.41) is 2.95. The van der Waals surface area contributed by atoms with Gasteiger partial charge in [0.25, 0.3) is 0 Å². The molecule has 1 N–H and O–H groups in total. The Hall–Kier alpha value is -1.41. The molecule has 0 aromatic heterocycles. The van der Waals surface area contributed by atoms with Crippen molar-refractivity contribution in [1.82, 2.24) is 5.32 Å². The van der Waals surface area contributed by atoms with E-state index < -0.39 is 18.4 Å². The number of ether oxygens (including phenoxy) is 2.